The predicted molar refractivity (Wildman–Crippen MR) is 128 cm³/mol. The van der Waals surface area contributed by atoms with Gasteiger partial charge in [0.25, 0.3) is 6.43 Å². The lowest BCUT2D eigenvalue weighted by Gasteiger charge is -2.18. The van der Waals surface area contributed by atoms with Crippen LogP contribution >= 0.6 is 0 Å². The normalized spacial score (nSPS) is 15.3. The number of halogens is 4. The number of rotatable bonds is 9. The fourth-order valence-electron chi connectivity index (χ4n) is 4.30. The van der Waals surface area contributed by atoms with Crippen LogP contribution in [0, 0.1) is 17.6 Å². The van der Waals surface area contributed by atoms with Crippen molar-refractivity contribution >= 4 is 0 Å². The van der Waals surface area contributed by atoms with E-state index in [1.54, 1.807) is 20.0 Å². The maximum atomic E-state index is 14.7. The maximum absolute atomic E-state index is 14.7. The van der Waals surface area contributed by atoms with Crippen LogP contribution in [0.2, 0.25) is 0 Å². The molecule has 4 nitrogen and oxygen atoms in total. The zero-order valence-electron chi connectivity index (χ0n) is 20.5. The molecule has 192 valence electrons. The second-order valence-electron chi connectivity index (χ2n) is 9.98. The third kappa shape index (κ3) is 6.16. The van der Waals surface area contributed by atoms with Crippen LogP contribution in [0.4, 0.5) is 17.6 Å². The van der Waals surface area contributed by atoms with Crippen molar-refractivity contribution in [2.24, 2.45) is 5.92 Å². The van der Waals surface area contributed by atoms with Crippen LogP contribution < -0.4 is 9.47 Å². The number of nitrogens with zero attached hydrogens (tertiary/aromatic N) is 1. The van der Waals surface area contributed by atoms with Gasteiger partial charge in [-0.3, -0.25) is 0 Å². The lowest BCUT2D eigenvalue weighted by atomic mass is 9.96. The van der Waals surface area contributed by atoms with Gasteiger partial charge < -0.3 is 14.6 Å². The Morgan fingerprint density at radius 1 is 1.03 bits per heavy atom. The van der Waals surface area contributed by atoms with Crippen LogP contribution in [0.25, 0.3) is 11.1 Å². The average molecular weight is 504 g/mol. The van der Waals surface area contributed by atoms with Crippen LogP contribution in [-0.2, 0) is 19.4 Å². The van der Waals surface area contributed by atoms with E-state index in [1.165, 1.54) is 23.8 Å². The molecule has 0 bridgehead atoms. The van der Waals surface area contributed by atoms with Crippen LogP contribution in [0.15, 0.2) is 42.6 Å². The number of hydrogen-bond acceptors (Lipinski definition) is 4. The Morgan fingerprint density at radius 3 is 2.47 bits per heavy atom. The standard InChI is InChI=1S/C28H29F4NO3/c1-16-8-18-12-26(33-14-19(18)9-16)36-15-20-10-21(22(27(31)32)13-23(20)29)17-4-5-25(24(30)11-17)35-7-6-28(2,3)34/h4-5,10-14,16,27,34H,6-9,15H2,1-3H3/t16-/m0/s1. The van der Waals surface area contributed by atoms with Gasteiger partial charge in [0.1, 0.15) is 12.4 Å². The van der Waals surface area contributed by atoms with Gasteiger partial charge in [-0.25, -0.2) is 22.5 Å². The zero-order valence-corrected chi connectivity index (χ0v) is 20.5. The Balaban J connectivity index is 1.56. The van der Waals surface area contributed by atoms with E-state index in [-0.39, 0.29) is 42.1 Å². The molecule has 1 heterocycles. The molecule has 0 saturated carbocycles. The highest BCUT2D eigenvalue weighted by Gasteiger charge is 2.22. The summed E-state index contributed by atoms with van der Waals surface area (Å²) in [5.74, 6) is -0.791. The summed E-state index contributed by atoms with van der Waals surface area (Å²) in [6.45, 7) is 5.23. The Hall–Kier alpha value is -3.13. The second kappa shape index (κ2) is 10.5. The van der Waals surface area contributed by atoms with E-state index in [0.29, 0.717) is 11.8 Å². The second-order valence-corrected chi connectivity index (χ2v) is 9.98. The summed E-state index contributed by atoms with van der Waals surface area (Å²) in [5.41, 5.74) is 1.00. The lowest BCUT2D eigenvalue weighted by molar-refractivity contribution is 0.0547. The molecule has 1 aliphatic carbocycles. The maximum Gasteiger partial charge on any atom is 0.264 e. The third-order valence-corrected chi connectivity index (χ3v) is 6.24. The van der Waals surface area contributed by atoms with Gasteiger partial charge in [0.2, 0.25) is 5.88 Å². The Labute approximate surface area is 207 Å². The van der Waals surface area contributed by atoms with E-state index in [0.717, 1.165) is 30.5 Å². The van der Waals surface area contributed by atoms with Gasteiger partial charge in [-0.1, -0.05) is 13.0 Å². The minimum atomic E-state index is -2.96. The highest BCUT2D eigenvalue weighted by molar-refractivity contribution is 5.69. The van der Waals surface area contributed by atoms with Gasteiger partial charge in [0.15, 0.2) is 11.6 Å². The van der Waals surface area contributed by atoms with Crippen molar-refractivity contribution in [3.63, 3.8) is 0 Å². The van der Waals surface area contributed by atoms with Gasteiger partial charge in [-0.05, 0) is 79.1 Å². The van der Waals surface area contributed by atoms with Gasteiger partial charge in [-0.2, -0.15) is 0 Å². The summed E-state index contributed by atoms with van der Waals surface area (Å²) in [6.07, 6.45) is 0.942. The molecule has 0 amide bonds. The van der Waals surface area contributed by atoms with Crippen LogP contribution in [-0.4, -0.2) is 22.3 Å². The molecule has 36 heavy (non-hydrogen) atoms. The molecule has 2 aromatic carbocycles. The molecule has 8 heteroatoms. The molecular formula is C28H29F4NO3. The Bertz CT molecular complexity index is 1240. The average Bonchev–Trinajstić information content (AvgIpc) is 3.17. The smallest absolute Gasteiger partial charge is 0.264 e. The van der Waals surface area contributed by atoms with Crippen molar-refractivity contribution in [3.05, 3.63) is 76.5 Å². The minimum absolute atomic E-state index is 0.00248. The number of aliphatic hydroxyl groups is 1. The molecule has 1 N–H and O–H groups in total. The summed E-state index contributed by atoms with van der Waals surface area (Å²) in [5, 5.41) is 9.77. The van der Waals surface area contributed by atoms with E-state index in [2.05, 4.69) is 11.9 Å². The molecular weight excluding hydrogens is 474 g/mol. The largest absolute Gasteiger partial charge is 0.490 e. The van der Waals surface area contributed by atoms with E-state index in [4.69, 9.17) is 9.47 Å². The van der Waals surface area contributed by atoms with Crippen molar-refractivity contribution < 1.29 is 32.1 Å². The first-order valence-electron chi connectivity index (χ1n) is 11.9. The molecule has 1 aliphatic rings. The van der Waals surface area contributed by atoms with E-state index >= 15 is 0 Å². The lowest BCUT2D eigenvalue weighted by Crippen LogP contribution is -2.21. The Kier molecular flexibility index (Phi) is 7.54. The topological polar surface area (TPSA) is 51.6 Å². The fraction of sp³-hybridized carbons (Fsp3) is 0.393. The van der Waals surface area contributed by atoms with Gasteiger partial charge >= 0.3 is 0 Å². The molecule has 0 unspecified atom stereocenters. The van der Waals surface area contributed by atoms with Gasteiger partial charge in [-0.15, -0.1) is 0 Å². The summed E-state index contributed by atoms with van der Waals surface area (Å²) in [4.78, 5) is 4.27. The van der Waals surface area contributed by atoms with Gasteiger partial charge in [0.05, 0.1) is 12.2 Å². The first-order chi connectivity index (χ1) is 17.0. The van der Waals surface area contributed by atoms with Crippen molar-refractivity contribution in [2.75, 3.05) is 6.61 Å². The molecule has 4 rings (SSSR count). The molecule has 0 spiro atoms. The quantitative estimate of drug-likeness (QED) is 0.326. The van der Waals surface area contributed by atoms with E-state index < -0.39 is 29.2 Å². The van der Waals surface area contributed by atoms with E-state index in [1.807, 2.05) is 6.07 Å². The van der Waals surface area contributed by atoms with Crippen molar-refractivity contribution in [1.82, 2.24) is 4.98 Å². The number of aromatic nitrogens is 1. The number of alkyl halides is 2. The number of pyridine rings is 1. The summed E-state index contributed by atoms with van der Waals surface area (Å²) < 4.78 is 68.0. The molecule has 3 aromatic rings. The zero-order chi connectivity index (χ0) is 26.0. The SMILES string of the molecule is C[C@@H]1Cc2cnc(OCc3cc(-c4ccc(OCCC(C)(C)O)c(F)c4)c(C(F)F)cc3F)cc2C1. The number of hydrogen-bond donors (Lipinski definition) is 1. The predicted octanol–water partition coefficient (Wildman–Crippen LogP) is 6.82. The summed E-state index contributed by atoms with van der Waals surface area (Å²) in [7, 11) is 0. The number of ether oxygens (including phenoxy) is 2. The van der Waals surface area contributed by atoms with Crippen molar-refractivity contribution in [2.45, 2.75) is 58.7 Å². The van der Waals surface area contributed by atoms with Crippen LogP contribution in [0.1, 0.15) is 55.9 Å². The van der Waals surface area contributed by atoms with E-state index in [9.17, 15) is 22.7 Å². The molecule has 0 aliphatic heterocycles. The Morgan fingerprint density at radius 2 is 1.78 bits per heavy atom. The third-order valence-electron chi connectivity index (χ3n) is 6.24. The first-order valence-corrected chi connectivity index (χ1v) is 11.9. The molecule has 1 atom stereocenters. The monoisotopic (exact) mass is 503 g/mol. The fourth-order valence-corrected chi connectivity index (χ4v) is 4.30. The molecule has 0 saturated heterocycles. The molecule has 1 aromatic heterocycles. The molecule has 0 fully saturated rings. The highest BCUT2D eigenvalue weighted by Crippen LogP contribution is 2.36. The minimum Gasteiger partial charge on any atom is -0.490 e. The summed E-state index contributed by atoms with van der Waals surface area (Å²) in [6, 6.07) is 7.70. The summed E-state index contributed by atoms with van der Waals surface area (Å²) >= 11 is 0. The van der Waals surface area contributed by atoms with Crippen molar-refractivity contribution in [1.29, 1.82) is 0 Å². The highest BCUT2D eigenvalue weighted by atomic mass is 19.3. The van der Waals surface area contributed by atoms with Crippen LogP contribution in [0.5, 0.6) is 11.6 Å². The van der Waals surface area contributed by atoms with Crippen molar-refractivity contribution in [3.8, 4) is 22.8 Å². The van der Waals surface area contributed by atoms with Crippen LogP contribution in [0.3, 0.4) is 0 Å². The number of benzene rings is 2. The van der Waals surface area contributed by atoms with Gasteiger partial charge in [0, 0.05) is 29.8 Å². The first kappa shape index (κ1) is 25.9. The molecule has 0 radical (unpaired) electrons. The number of fused-ring (bicyclic) bond motifs is 1.